The van der Waals surface area contributed by atoms with E-state index < -0.39 is 22.8 Å². The first-order chi connectivity index (χ1) is 11.8. The molecule has 25 heavy (non-hydrogen) atoms. The van der Waals surface area contributed by atoms with Crippen LogP contribution in [0.15, 0.2) is 24.3 Å². The van der Waals surface area contributed by atoms with Gasteiger partial charge in [-0.15, -0.1) is 11.8 Å². The molecule has 3 atom stereocenters. The second-order valence-corrected chi connectivity index (χ2v) is 9.02. The molecule has 0 aromatic heterocycles. The first kappa shape index (κ1) is 16.4. The van der Waals surface area contributed by atoms with Crippen molar-refractivity contribution in [2.45, 2.75) is 48.9 Å². The van der Waals surface area contributed by atoms with E-state index in [1.165, 1.54) is 4.90 Å². The van der Waals surface area contributed by atoms with E-state index in [1.807, 2.05) is 32.0 Å². The number of nitrogens with zero attached hydrogens (tertiary/aromatic N) is 2. The third-order valence-electron chi connectivity index (χ3n) is 5.34. The lowest BCUT2D eigenvalue weighted by atomic mass is 9.99. The van der Waals surface area contributed by atoms with Crippen LogP contribution in [0.3, 0.4) is 0 Å². The Kier molecular flexibility index (Phi) is 3.61. The summed E-state index contributed by atoms with van der Waals surface area (Å²) in [6.45, 7) is 4.28. The maximum Gasteiger partial charge on any atom is 0.256 e. The van der Waals surface area contributed by atoms with Gasteiger partial charge in [-0.05, 0) is 38.3 Å². The molecule has 2 fully saturated rings. The summed E-state index contributed by atoms with van der Waals surface area (Å²) in [6.07, 6.45) is 1.05. The summed E-state index contributed by atoms with van der Waals surface area (Å²) >= 11 is 1.58. The van der Waals surface area contributed by atoms with Crippen LogP contribution < -0.4 is 5.11 Å². The number of fused-ring (bicyclic) bond motifs is 3. The van der Waals surface area contributed by atoms with Gasteiger partial charge in [0.1, 0.15) is 11.4 Å². The maximum atomic E-state index is 13.2. The highest BCUT2D eigenvalue weighted by atomic mass is 32.2. The van der Waals surface area contributed by atoms with Crippen molar-refractivity contribution in [1.82, 2.24) is 9.80 Å². The van der Waals surface area contributed by atoms with E-state index in [0.29, 0.717) is 24.9 Å². The smallest absolute Gasteiger partial charge is 0.256 e. The summed E-state index contributed by atoms with van der Waals surface area (Å²) < 4.78 is -0.496. The van der Waals surface area contributed by atoms with Crippen LogP contribution in [0.25, 0.3) is 0 Å². The van der Waals surface area contributed by atoms with Crippen molar-refractivity contribution < 1.29 is 19.5 Å². The molecule has 0 bridgehead atoms. The van der Waals surface area contributed by atoms with Gasteiger partial charge in [0.15, 0.2) is 0 Å². The molecule has 3 aliphatic rings. The minimum atomic E-state index is -1.22. The Hall–Kier alpha value is -2.02. The minimum absolute atomic E-state index is 0.152. The first-order valence-corrected chi connectivity index (χ1v) is 9.31. The van der Waals surface area contributed by atoms with Gasteiger partial charge in [-0.1, -0.05) is 18.2 Å². The molecule has 4 rings (SSSR count). The predicted molar refractivity (Wildman–Crippen MR) is 90.6 cm³/mol. The molecule has 7 heteroatoms. The van der Waals surface area contributed by atoms with E-state index >= 15 is 0 Å². The maximum absolute atomic E-state index is 13.2. The van der Waals surface area contributed by atoms with Gasteiger partial charge in [0.25, 0.3) is 5.91 Å². The standard InChI is InChI=1S/C18H20N2O4S/c1-18(2)13(15(22)19-9-5-8-12(19)17(23)24)20-14(21)10-6-3-4-7-11(10)16(20)25-18/h3-4,6-7,12-13,16H,5,8-9H2,1-2H3,(H,23,24)/p-1/t12-,13-,16-/m1/s1. The second-order valence-electron chi connectivity index (χ2n) is 7.28. The first-order valence-electron chi connectivity index (χ1n) is 8.43. The Labute approximate surface area is 150 Å². The predicted octanol–water partition coefficient (Wildman–Crippen LogP) is 0.776. The molecule has 0 radical (unpaired) electrons. The van der Waals surface area contributed by atoms with Gasteiger partial charge < -0.3 is 19.7 Å². The summed E-state index contributed by atoms with van der Waals surface area (Å²) in [6, 6.07) is 5.84. The third-order valence-corrected chi connectivity index (χ3v) is 6.87. The molecule has 6 nitrogen and oxygen atoms in total. The molecule has 3 aliphatic heterocycles. The number of likely N-dealkylation sites (tertiary alicyclic amines) is 1. The molecule has 3 heterocycles. The molecular formula is C18H19N2O4S-. The van der Waals surface area contributed by atoms with Crippen LogP contribution in [0.1, 0.15) is 48.0 Å². The van der Waals surface area contributed by atoms with Crippen molar-refractivity contribution in [3.05, 3.63) is 35.4 Å². The summed E-state index contributed by atoms with van der Waals surface area (Å²) in [7, 11) is 0. The minimum Gasteiger partial charge on any atom is -0.548 e. The van der Waals surface area contributed by atoms with Crippen LogP contribution in [0, 0.1) is 0 Å². The Bertz CT molecular complexity index is 778. The molecule has 2 saturated heterocycles. The molecule has 0 saturated carbocycles. The zero-order chi connectivity index (χ0) is 17.9. The monoisotopic (exact) mass is 359 g/mol. The topological polar surface area (TPSA) is 80.8 Å². The lowest BCUT2D eigenvalue weighted by Gasteiger charge is -2.35. The van der Waals surface area contributed by atoms with Crippen molar-refractivity contribution in [3.63, 3.8) is 0 Å². The number of thioether (sulfide) groups is 1. The van der Waals surface area contributed by atoms with Gasteiger partial charge >= 0.3 is 0 Å². The Morgan fingerprint density at radius 2 is 2.00 bits per heavy atom. The number of hydrogen-bond acceptors (Lipinski definition) is 5. The molecule has 0 unspecified atom stereocenters. The number of carbonyl (C=O) groups excluding carboxylic acids is 3. The molecule has 1 aromatic rings. The Morgan fingerprint density at radius 1 is 1.28 bits per heavy atom. The number of hydrogen-bond donors (Lipinski definition) is 0. The van der Waals surface area contributed by atoms with Gasteiger partial charge in [-0.2, -0.15) is 0 Å². The van der Waals surface area contributed by atoms with Crippen LogP contribution in [0.2, 0.25) is 0 Å². The fourth-order valence-electron chi connectivity index (χ4n) is 4.21. The molecular weight excluding hydrogens is 340 g/mol. The van der Waals surface area contributed by atoms with Crippen LogP contribution in [0.5, 0.6) is 0 Å². The van der Waals surface area contributed by atoms with Gasteiger partial charge in [-0.25, -0.2) is 0 Å². The molecule has 0 aliphatic carbocycles. The van der Waals surface area contributed by atoms with Gasteiger partial charge in [-0.3, -0.25) is 9.59 Å². The van der Waals surface area contributed by atoms with Crippen molar-refractivity contribution >= 4 is 29.5 Å². The second kappa shape index (κ2) is 5.49. The highest BCUT2D eigenvalue weighted by Crippen LogP contribution is 2.57. The van der Waals surface area contributed by atoms with Gasteiger partial charge in [0, 0.05) is 16.9 Å². The van der Waals surface area contributed by atoms with E-state index in [2.05, 4.69) is 0 Å². The lowest BCUT2D eigenvalue weighted by Crippen LogP contribution is -2.57. The zero-order valence-electron chi connectivity index (χ0n) is 14.1. The SMILES string of the molecule is CC1(C)S[C@@H]2c3ccccc3C(=O)N2[C@@H]1C(=O)N1CCC[C@@H]1C(=O)[O-]. The van der Waals surface area contributed by atoms with E-state index in [4.69, 9.17) is 0 Å². The number of carboxylic acid groups (broad SMARTS) is 1. The molecule has 1 aromatic carbocycles. The van der Waals surface area contributed by atoms with Crippen molar-refractivity contribution in [2.75, 3.05) is 6.54 Å². The average molecular weight is 359 g/mol. The van der Waals surface area contributed by atoms with Crippen molar-refractivity contribution in [3.8, 4) is 0 Å². The Balaban J connectivity index is 1.71. The van der Waals surface area contributed by atoms with Gasteiger partial charge in [0.05, 0.1) is 12.0 Å². The van der Waals surface area contributed by atoms with E-state index in [1.54, 1.807) is 22.7 Å². The van der Waals surface area contributed by atoms with Crippen LogP contribution in [-0.2, 0) is 9.59 Å². The quantitative estimate of drug-likeness (QED) is 0.779. The third kappa shape index (κ3) is 2.28. The summed E-state index contributed by atoms with van der Waals surface area (Å²) in [5.74, 6) is -1.66. The molecule has 0 spiro atoms. The number of aliphatic carboxylic acids is 1. The summed E-state index contributed by atoms with van der Waals surface area (Å²) in [5.41, 5.74) is 1.56. The Morgan fingerprint density at radius 3 is 2.72 bits per heavy atom. The van der Waals surface area contributed by atoms with Crippen LogP contribution in [0.4, 0.5) is 0 Å². The fraction of sp³-hybridized carbons (Fsp3) is 0.500. The number of amides is 2. The van der Waals surface area contributed by atoms with E-state index in [-0.39, 0.29) is 17.2 Å². The number of rotatable bonds is 2. The lowest BCUT2D eigenvalue weighted by molar-refractivity contribution is -0.310. The number of carboxylic acids is 1. The van der Waals surface area contributed by atoms with Crippen LogP contribution in [-0.4, -0.2) is 51.0 Å². The fourth-order valence-corrected chi connectivity index (χ4v) is 5.79. The van der Waals surface area contributed by atoms with Gasteiger partial charge in [0.2, 0.25) is 5.91 Å². The zero-order valence-corrected chi connectivity index (χ0v) is 14.9. The summed E-state index contributed by atoms with van der Waals surface area (Å²) in [5, 5.41) is 11.2. The van der Waals surface area contributed by atoms with Crippen LogP contribution >= 0.6 is 11.8 Å². The largest absolute Gasteiger partial charge is 0.548 e. The van der Waals surface area contributed by atoms with Crippen molar-refractivity contribution in [1.29, 1.82) is 0 Å². The molecule has 2 amide bonds. The average Bonchev–Trinajstić information content (AvgIpc) is 3.21. The number of carbonyl (C=O) groups is 3. The molecule has 132 valence electrons. The van der Waals surface area contributed by atoms with E-state index in [0.717, 1.165) is 5.56 Å². The highest BCUT2D eigenvalue weighted by molar-refractivity contribution is 8.01. The highest BCUT2D eigenvalue weighted by Gasteiger charge is 2.58. The number of benzene rings is 1. The van der Waals surface area contributed by atoms with E-state index in [9.17, 15) is 19.5 Å². The summed E-state index contributed by atoms with van der Waals surface area (Å²) in [4.78, 5) is 40.6. The molecule has 0 N–H and O–H groups in total. The van der Waals surface area contributed by atoms with Crippen molar-refractivity contribution in [2.24, 2.45) is 0 Å². The normalized spacial score (nSPS) is 29.7.